The lowest BCUT2D eigenvalue weighted by Crippen LogP contribution is -2.39. The molecule has 3 aliphatic rings. The van der Waals surface area contributed by atoms with E-state index in [1.807, 2.05) is 20.1 Å². The summed E-state index contributed by atoms with van der Waals surface area (Å²) in [5.74, 6) is 1.61. The Morgan fingerprint density at radius 3 is 1.18 bits per heavy atom. The fourth-order valence-electron chi connectivity index (χ4n) is 9.24. The van der Waals surface area contributed by atoms with Crippen molar-refractivity contribution < 1.29 is 71.4 Å². The number of carbonyl (C=O) groups is 6. The molecular weight excluding hydrogens is 1130 g/mol. The van der Waals surface area contributed by atoms with Crippen molar-refractivity contribution >= 4 is 116 Å². The number of ether oxygens (including phenoxy) is 9. The lowest BCUT2D eigenvalue weighted by molar-refractivity contribution is -0.165. The van der Waals surface area contributed by atoms with Crippen LogP contribution in [0.5, 0.6) is 0 Å². The second-order valence-corrected chi connectivity index (χ2v) is 22.4. The Morgan fingerprint density at radius 2 is 0.829 bits per heavy atom. The van der Waals surface area contributed by atoms with E-state index >= 15 is 0 Å². The Bertz CT molecular complexity index is 3220. The Kier molecular flexibility index (Phi) is 21.6. The first-order valence-electron chi connectivity index (χ1n) is 25.8. The molecule has 0 aliphatic carbocycles. The molecule has 444 valence electrons. The normalized spacial score (nSPS) is 24.8. The lowest BCUT2D eigenvalue weighted by atomic mass is 10.1. The van der Waals surface area contributed by atoms with Gasteiger partial charge in [-0.25, -0.2) is 44.9 Å². The number of hydrogen-bond acceptors (Lipinski definition) is 29. The van der Waals surface area contributed by atoms with Crippen LogP contribution in [0.2, 0.25) is 0 Å². The molecule has 0 unspecified atom stereocenters. The van der Waals surface area contributed by atoms with E-state index in [9.17, 15) is 28.8 Å². The number of aryl methyl sites for hydroxylation is 1. The van der Waals surface area contributed by atoms with Gasteiger partial charge in [-0.05, 0) is 30.6 Å². The van der Waals surface area contributed by atoms with Crippen LogP contribution in [-0.4, -0.2) is 184 Å². The summed E-state index contributed by atoms with van der Waals surface area (Å²) in [4.78, 5) is 108. The van der Waals surface area contributed by atoms with Crippen LogP contribution in [0.15, 0.2) is 38.0 Å². The van der Waals surface area contributed by atoms with E-state index in [0.29, 0.717) is 56.7 Å². The van der Waals surface area contributed by atoms with Gasteiger partial charge in [0.25, 0.3) is 0 Å². The van der Waals surface area contributed by atoms with Gasteiger partial charge >= 0.3 is 35.8 Å². The number of nitrogens with zero attached hydrogens (tertiary/aromatic N) is 12. The predicted octanol–water partition coefficient (Wildman–Crippen LogP) is 3.74. The number of rotatable bonds is 18. The predicted molar refractivity (Wildman–Crippen MR) is 298 cm³/mol. The number of nitrogen functional groups attached to an aromatic ring is 2. The number of fused-ring (bicyclic) bond motifs is 3. The van der Waals surface area contributed by atoms with Crippen LogP contribution < -0.4 is 11.5 Å². The zero-order valence-corrected chi connectivity index (χ0v) is 49.3. The van der Waals surface area contributed by atoms with Gasteiger partial charge < -0.3 is 54.1 Å². The maximum atomic E-state index is 11.8. The highest BCUT2D eigenvalue weighted by atomic mass is 32.2. The van der Waals surface area contributed by atoms with Crippen LogP contribution in [-0.2, 0) is 71.4 Å². The third-order valence-electron chi connectivity index (χ3n) is 12.4. The number of hydrogen-bond donors (Lipinski definition) is 2. The second-order valence-electron chi connectivity index (χ2n) is 19.1. The van der Waals surface area contributed by atoms with Crippen molar-refractivity contribution in [3.05, 3.63) is 43.7 Å². The van der Waals surface area contributed by atoms with Crippen LogP contribution in [0.4, 0.5) is 11.6 Å². The molecule has 0 radical (unpaired) electrons. The highest BCUT2D eigenvalue weighted by molar-refractivity contribution is 7.99. The molecule has 0 spiro atoms. The number of carbonyl (C=O) groups excluding carboxylic acids is 6. The van der Waals surface area contributed by atoms with Gasteiger partial charge in [0.05, 0.1) is 24.7 Å². The Labute approximate surface area is 483 Å². The molecule has 0 saturated carbocycles. The fraction of sp³-hybridized carbons (Fsp3) is 0.580. The first-order chi connectivity index (χ1) is 39.1. The van der Waals surface area contributed by atoms with Gasteiger partial charge in [-0.2, -0.15) is 35.3 Å². The molecule has 9 rings (SSSR count). The van der Waals surface area contributed by atoms with E-state index in [1.54, 1.807) is 43.6 Å². The standard InChI is InChI=1S/C19H26N4O5S.C16H21N5O5S.C15H19N5O5S/c1-10(2)6-29-7-14-16(26-12(4)24)17(27-13(5)25)19(28-14)23-9-22-15-11(3)20-8-21-18(15)23;1-4-27-5-10-12(24-8(2)22)13(25-9(3)23)16(26-10)21-7-20-11-14(17)18-6-19-15(11)21;1-7(21)23-11-9(4-26-3)25-15(12(11)24-8(2)22)20-6-19-10-13(16)17-5-18-14(10)20/h8-10,14,16-17,19H,6-7H2,1-5H3;6-7,10,12-13,16H,4-5H2,1-3H3,(H2,17,18,19);5-6,9,11-12,15H,4H2,1-3H3,(H2,16,17,18)/t14-,16-,17-,19-;10-,12-,13-,16-;9-,11-,12-,15-/m111/s1. The average Bonchev–Trinajstić information content (AvgIpc) is 4.49. The van der Waals surface area contributed by atoms with E-state index in [0.717, 1.165) is 17.2 Å². The number of imidazole rings is 3. The van der Waals surface area contributed by atoms with Gasteiger partial charge in [0.15, 0.2) is 83.9 Å². The summed E-state index contributed by atoms with van der Waals surface area (Å²) in [7, 11) is 0. The Morgan fingerprint density at radius 1 is 0.500 bits per heavy atom. The third-order valence-corrected chi connectivity index (χ3v) is 15.5. The van der Waals surface area contributed by atoms with Crippen molar-refractivity contribution in [2.24, 2.45) is 5.92 Å². The maximum absolute atomic E-state index is 11.8. The van der Waals surface area contributed by atoms with Crippen LogP contribution in [0.1, 0.15) is 86.7 Å². The van der Waals surface area contributed by atoms with Gasteiger partial charge in [-0.15, -0.1) is 0 Å². The van der Waals surface area contributed by atoms with E-state index in [2.05, 4.69) is 58.7 Å². The van der Waals surface area contributed by atoms with E-state index in [-0.39, 0.29) is 11.6 Å². The molecule has 3 fully saturated rings. The molecule has 3 aliphatic heterocycles. The average molecular weight is 1200 g/mol. The molecule has 4 N–H and O–H groups in total. The Balaban J connectivity index is 0.000000177. The fourth-order valence-corrected chi connectivity index (χ4v) is 11.7. The van der Waals surface area contributed by atoms with Gasteiger partial charge in [-0.3, -0.25) is 42.5 Å². The molecule has 0 aromatic carbocycles. The number of aromatic nitrogens is 12. The summed E-state index contributed by atoms with van der Waals surface area (Å²) >= 11 is 4.87. The molecule has 12 atom stereocenters. The van der Waals surface area contributed by atoms with E-state index in [1.165, 1.54) is 84.9 Å². The molecule has 82 heavy (non-hydrogen) atoms. The Hall–Kier alpha value is -7.00. The summed E-state index contributed by atoms with van der Waals surface area (Å²) in [6.07, 6.45) is 2.26. The zero-order chi connectivity index (χ0) is 59.5. The maximum Gasteiger partial charge on any atom is 0.303 e. The van der Waals surface area contributed by atoms with Crippen LogP contribution in [0.25, 0.3) is 33.5 Å². The van der Waals surface area contributed by atoms with Gasteiger partial charge in [0.2, 0.25) is 0 Å². The third kappa shape index (κ3) is 15.0. The van der Waals surface area contributed by atoms with Crippen molar-refractivity contribution in [1.82, 2.24) is 58.6 Å². The topological polar surface area (TPSA) is 368 Å². The van der Waals surface area contributed by atoms with Crippen molar-refractivity contribution in [3.8, 4) is 0 Å². The first-order valence-corrected chi connectivity index (χ1v) is 29.5. The molecule has 32 heteroatoms. The van der Waals surface area contributed by atoms with Crippen molar-refractivity contribution in [3.63, 3.8) is 0 Å². The molecule has 6 aromatic heterocycles. The highest BCUT2D eigenvalue weighted by Crippen LogP contribution is 2.40. The molecular formula is C50H66N14O15S3. The molecule has 0 bridgehead atoms. The number of esters is 6. The van der Waals surface area contributed by atoms with Crippen LogP contribution >= 0.6 is 35.3 Å². The minimum atomic E-state index is -0.845. The molecule has 6 aromatic rings. The molecule has 0 amide bonds. The number of nitrogens with two attached hydrogens (primary N) is 2. The lowest BCUT2D eigenvalue weighted by Gasteiger charge is -2.23. The number of anilines is 2. The summed E-state index contributed by atoms with van der Waals surface area (Å²) < 4.78 is 56.3. The minimum absolute atomic E-state index is 0.230. The van der Waals surface area contributed by atoms with Gasteiger partial charge in [0, 0.05) is 58.8 Å². The van der Waals surface area contributed by atoms with Gasteiger partial charge in [0.1, 0.15) is 53.8 Å². The second kappa shape index (κ2) is 28.3. The molecule has 9 heterocycles. The van der Waals surface area contributed by atoms with Crippen LogP contribution in [0, 0.1) is 12.8 Å². The van der Waals surface area contributed by atoms with Crippen molar-refractivity contribution in [1.29, 1.82) is 0 Å². The SMILES string of the molecule is CC(=O)O[C@@H]1[C@H](OC(C)=O)[C@@H](CSCC(C)C)O[C@H]1n1cnc2c(C)ncnc21.CCSC[C@H]1O[C@@H](n2cnc3c(N)ncnc32)[C@H](OC(C)=O)[C@@H]1OC(C)=O.CSC[C@H]1O[C@@H](n2cnc3c(N)ncnc32)[C@H](OC(C)=O)[C@@H]1OC(C)=O. The minimum Gasteiger partial charge on any atom is -0.456 e. The van der Waals surface area contributed by atoms with Crippen molar-refractivity contribution in [2.45, 2.75) is 143 Å². The summed E-state index contributed by atoms with van der Waals surface area (Å²) in [5.41, 5.74) is 15.3. The van der Waals surface area contributed by atoms with E-state index < -0.39 is 109 Å². The van der Waals surface area contributed by atoms with E-state index in [4.69, 9.17) is 54.1 Å². The van der Waals surface area contributed by atoms with Gasteiger partial charge in [-0.1, -0.05) is 20.8 Å². The number of thioether (sulfide) groups is 3. The first kappa shape index (κ1) is 62.6. The quantitative estimate of drug-likeness (QED) is 0.0914. The van der Waals surface area contributed by atoms with Crippen LogP contribution in [0.3, 0.4) is 0 Å². The summed E-state index contributed by atoms with van der Waals surface area (Å²) in [6, 6.07) is 0. The van der Waals surface area contributed by atoms with Crippen molar-refractivity contribution in [2.75, 3.05) is 46.5 Å². The molecule has 29 nitrogen and oxygen atoms in total. The zero-order valence-electron chi connectivity index (χ0n) is 46.9. The molecule has 3 saturated heterocycles. The monoisotopic (exact) mass is 1200 g/mol. The largest absolute Gasteiger partial charge is 0.456 e. The summed E-state index contributed by atoms with van der Waals surface area (Å²) in [6.45, 7) is 16.0. The summed E-state index contributed by atoms with van der Waals surface area (Å²) in [5, 5.41) is 0. The smallest absolute Gasteiger partial charge is 0.303 e. The highest BCUT2D eigenvalue weighted by Gasteiger charge is 2.53.